The van der Waals surface area contributed by atoms with Crippen LogP contribution >= 0.6 is 0 Å². The maximum Gasteiger partial charge on any atom is 0.360 e. The van der Waals surface area contributed by atoms with E-state index >= 15 is 0 Å². The number of hydrogen-bond donors (Lipinski definition) is 1. The second-order valence-corrected chi connectivity index (χ2v) is 2.74. The van der Waals surface area contributed by atoms with Gasteiger partial charge in [-0.25, -0.2) is 9.78 Å². The van der Waals surface area contributed by atoms with Crippen LogP contribution in [-0.4, -0.2) is 22.6 Å². The summed E-state index contributed by atoms with van der Waals surface area (Å²) >= 11 is 0. The summed E-state index contributed by atoms with van der Waals surface area (Å²) in [6.07, 6.45) is 4.07. The number of carbonyl (C=O) groups is 1. The number of hydrogen-bond acceptors (Lipinski definition) is 4. The predicted molar refractivity (Wildman–Crippen MR) is 52.8 cm³/mol. The van der Waals surface area contributed by atoms with Crippen molar-refractivity contribution in [2.45, 2.75) is 13.0 Å². The van der Waals surface area contributed by atoms with Crippen molar-refractivity contribution >= 4 is 11.8 Å². The van der Waals surface area contributed by atoms with E-state index < -0.39 is 5.97 Å². The molecular formula is C9H13N3O2. The molecule has 0 amide bonds. The number of allylic oxidation sites excluding steroid dienone is 1. The highest BCUT2D eigenvalue weighted by molar-refractivity contribution is 5.91. The average Bonchev–Trinajstić information content (AvgIpc) is 2.56. The normalized spacial score (nSPS) is 9.79. The van der Waals surface area contributed by atoms with Gasteiger partial charge in [0.25, 0.3) is 0 Å². The quantitative estimate of drug-likeness (QED) is 0.570. The summed E-state index contributed by atoms with van der Waals surface area (Å²) in [6.45, 7) is 4.26. The number of methoxy groups -OCH3 is 1. The number of nitrogens with two attached hydrogens (primary N) is 1. The van der Waals surface area contributed by atoms with Crippen LogP contribution in [0.5, 0.6) is 0 Å². The van der Waals surface area contributed by atoms with Crippen molar-refractivity contribution < 1.29 is 9.53 Å². The molecule has 0 radical (unpaired) electrons. The lowest BCUT2D eigenvalue weighted by Gasteiger charge is -2.02. The fourth-order valence-electron chi connectivity index (χ4n) is 1.05. The van der Waals surface area contributed by atoms with Gasteiger partial charge < -0.3 is 15.0 Å². The van der Waals surface area contributed by atoms with Crippen LogP contribution in [0.2, 0.25) is 0 Å². The fourth-order valence-corrected chi connectivity index (χ4v) is 1.05. The summed E-state index contributed by atoms with van der Waals surface area (Å²) in [6, 6.07) is 0. The molecule has 1 aromatic rings. The van der Waals surface area contributed by atoms with Gasteiger partial charge in [0.15, 0.2) is 5.69 Å². The van der Waals surface area contributed by atoms with Gasteiger partial charge in [-0.3, -0.25) is 0 Å². The number of carbonyl (C=O) groups excluding carboxylic acids is 1. The van der Waals surface area contributed by atoms with E-state index in [-0.39, 0.29) is 5.69 Å². The summed E-state index contributed by atoms with van der Waals surface area (Å²) < 4.78 is 6.21. The van der Waals surface area contributed by atoms with Crippen molar-refractivity contribution in [3.05, 3.63) is 24.7 Å². The number of nitrogen functional groups attached to an aromatic ring is 1. The number of anilines is 1. The zero-order valence-electron chi connectivity index (χ0n) is 8.06. The van der Waals surface area contributed by atoms with Gasteiger partial charge in [-0.1, -0.05) is 6.08 Å². The molecule has 1 heterocycles. The van der Waals surface area contributed by atoms with Crippen molar-refractivity contribution in [1.29, 1.82) is 0 Å². The van der Waals surface area contributed by atoms with Crippen LogP contribution in [0.4, 0.5) is 5.82 Å². The molecule has 0 fully saturated rings. The van der Waals surface area contributed by atoms with Gasteiger partial charge in [-0.15, -0.1) is 6.58 Å². The van der Waals surface area contributed by atoms with Crippen molar-refractivity contribution in [3.8, 4) is 0 Å². The summed E-state index contributed by atoms with van der Waals surface area (Å²) in [5.74, 6) is -0.182. The van der Waals surface area contributed by atoms with E-state index in [9.17, 15) is 4.79 Å². The molecule has 0 aromatic carbocycles. The third-order valence-electron chi connectivity index (χ3n) is 1.83. The molecule has 76 valence electrons. The lowest BCUT2D eigenvalue weighted by atomic mass is 10.4. The van der Waals surface area contributed by atoms with Gasteiger partial charge in [-0.2, -0.15) is 0 Å². The first-order valence-corrected chi connectivity index (χ1v) is 4.20. The molecule has 0 spiro atoms. The smallest absolute Gasteiger partial charge is 0.360 e. The first kappa shape index (κ1) is 10.3. The topological polar surface area (TPSA) is 70.1 Å². The van der Waals surface area contributed by atoms with E-state index in [1.807, 2.05) is 0 Å². The number of imidazole rings is 1. The monoisotopic (exact) mass is 195 g/mol. The van der Waals surface area contributed by atoms with Crippen molar-refractivity contribution in [1.82, 2.24) is 9.55 Å². The Hall–Kier alpha value is -1.78. The van der Waals surface area contributed by atoms with E-state index in [1.54, 1.807) is 10.6 Å². The molecule has 5 nitrogen and oxygen atoms in total. The third kappa shape index (κ3) is 1.93. The molecule has 0 unspecified atom stereocenters. The lowest BCUT2D eigenvalue weighted by molar-refractivity contribution is 0.0596. The van der Waals surface area contributed by atoms with Crippen LogP contribution in [0.3, 0.4) is 0 Å². The minimum atomic E-state index is -0.514. The Morgan fingerprint density at radius 1 is 1.86 bits per heavy atom. The van der Waals surface area contributed by atoms with Gasteiger partial charge >= 0.3 is 5.97 Å². The second kappa shape index (κ2) is 4.45. The molecule has 0 aliphatic carbocycles. The first-order valence-electron chi connectivity index (χ1n) is 4.20. The molecule has 0 aliphatic rings. The number of ether oxygens (including phenoxy) is 1. The molecule has 0 saturated carbocycles. The van der Waals surface area contributed by atoms with Crippen LogP contribution in [0.25, 0.3) is 0 Å². The number of aryl methyl sites for hydroxylation is 1. The molecule has 0 aliphatic heterocycles. The highest BCUT2D eigenvalue weighted by Crippen LogP contribution is 2.11. The second-order valence-electron chi connectivity index (χ2n) is 2.74. The molecular weight excluding hydrogens is 182 g/mol. The Labute approximate surface area is 82.2 Å². The van der Waals surface area contributed by atoms with Crippen molar-refractivity contribution in [2.75, 3.05) is 12.8 Å². The van der Waals surface area contributed by atoms with Crippen LogP contribution in [0.15, 0.2) is 19.0 Å². The van der Waals surface area contributed by atoms with Crippen LogP contribution < -0.4 is 5.73 Å². The Morgan fingerprint density at radius 3 is 3.14 bits per heavy atom. The van der Waals surface area contributed by atoms with Gasteiger partial charge in [-0.05, 0) is 6.42 Å². The highest BCUT2D eigenvalue weighted by Gasteiger charge is 2.15. The molecule has 5 heteroatoms. The summed E-state index contributed by atoms with van der Waals surface area (Å²) in [7, 11) is 1.30. The minimum Gasteiger partial charge on any atom is -0.464 e. The summed E-state index contributed by atoms with van der Waals surface area (Å²) in [5, 5.41) is 0. The van der Waals surface area contributed by atoms with E-state index in [0.717, 1.165) is 6.42 Å². The third-order valence-corrected chi connectivity index (χ3v) is 1.83. The van der Waals surface area contributed by atoms with Gasteiger partial charge in [0, 0.05) is 6.54 Å². The van der Waals surface area contributed by atoms with Gasteiger partial charge in [0.2, 0.25) is 0 Å². The Morgan fingerprint density at radius 2 is 2.57 bits per heavy atom. The Kier molecular flexibility index (Phi) is 3.28. The molecule has 1 rings (SSSR count). The maximum atomic E-state index is 11.1. The molecule has 2 N–H and O–H groups in total. The minimum absolute atomic E-state index is 0.163. The van der Waals surface area contributed by atoms with Crippen molar-refractivity contribution in [2.24, 2.45) is 0 Å². The first-order chi connectivity index (χ1) is 6.70. The molecule has 0 atom stereocenters. The SMILES string of the molecule is C=CCCn1cnc(C(=O)OC)c1N. The number of nitrogens with zero attached hydrogens (tertiary/aromatic N) is 2. The number of rotatable bonds is 4. The van der Waals surface area contributed by atoms with E-state index in [4.69, 9.17) is 5.73 Å². The summed E-state index contributed by atoms with van der Waals surface area (Å²) in [5.41, 5.74) is 5.85. The number of esters is 1. The standard InChI is InChI=1S/C9H13N3O2/c1-3-4-5-12-6-11-7(8(12)10)9(13)14-2/h3,6H,1,4-5,10H2,2H3. The molecule has 0 saturated heterocycles. The maximum absolute atomic E-state index is 11.1. The van der Waals surface area contributed by atoms with Gasteiger partial charge in [0.05, 0.1) is 13.4 Å². The fraction of sp³-hybridized carbons (Fsp3) is 0.333. The number of aromatic nitrogens is 2. The largest absolute Gasteiger partial charge is 0.464 e. The molecule has 1 aromatic heterocycles. The molecule has 0 bridgehead atoms. The van der Waals surface area contributed by atoms with Gasteiger partial charge in [0.1, 0.15) is 5.82 Å². The van der Waals surface area contributed by atoms with Crippen LogP contribution in [0.1, 0.15) is 16.9 Å². The molecule has 14 heavy (non-hydrogen) atoms. The Bertz CT molecular complexity index is 344. The van der Waals surface area contributed by atoms with E-state index in [0.29, 0.717) is 12.4 Å². The Balaban J connectivity index is 2.84. The predicted octanol–water partition coefficient (Wildman–Crippen LogP) is 0.828. The van der Waals surface area contributed by atoms with Crippen molar-refractivity contribution in [3.63, 3.8) is 0 Å². The van der Waals surface area contributed by atoms with Crippen LogP contribution in [-0.2, 0) is 11.3 Å². The lowest BCUT2D eigenvalue weighted by Crippen LogP contribution is -2.08. The zero-order chi connectivity index (χ0) is 10.6. The zero-order valence-corrected chi connectivity index (χ0v) is 8.06. The van der Waals surface area contributed by atoms with Crippen LogP contribution in [0, 0.1) is 0 Å². The summed E-state index contributed by atoms with van der Waals surface area (Å²) in [4.78, 5) is 15.0. The highest BCUT2D eigenvalue weighted by atomic mass is 16.5. The van der Waals surface area contributed by atoms with E-state index in [2.05, 4.69) is 16.3 Å². The van der Waals surface area contributed by atoms with E-state index in [1.165, 1.54) is 13.4 Å². The average molecular weight is 195 g/mol.